The van der Waals surface area contributed by atoms with E-state index in [4.69, 9.17) is 4.74 Å². The summed E-state index contributed by atoms with van der Waals surface area (Å²) < 4.78 is 48.3. The van der Waals surface area contributed by atoms with Crippen LogP contribution in [0.1, 0.15) is 28.9 Å². The first-order valence-corrected chi connectivity index (χ1v) is 10.4. The number of alkyl halides is 3. The number of piperidine rings is 1. The van der Waals surface area contributed by atoms with Crippen molar-refractivity contribution in [1.29, 1.82) is 0 Å². The third-order valence-electron chi connectivity index (χ3n) is 4.55. The molecule has 3 aromatic rings. The van der Waals surface area contributed by atoms with Crippen LogP contribution in [0.5, 0.6) is 5.88 Å². The van der Waals surface area contributed by atoms with E-state index in [0.29, 0.717) is 17.8 Å². The molecule has 32 heavy (non-hydrogen) atoms. The number of amides is 1. The first kappa shape index (κ1) is 21.9. The van der Waals surface area contributed by atoms with Gasteiger partial charge < -0.3 is 20.7 Å². The smallest absolute Gasteiger partial charge is 0.434 e. The standard InChI is InChI=1S/C19H18F3N7O2S/c20-19(21,22)14-9-24-10-15(28-14)29-18-13(8-26-32-18)17(30)27-11-1-2-16(25-7-11)31-12-3-5-23-6-4-12/h1-2,7-10,12,23H,3-6H2,(H,27,30)(H,28,29). The Morgan fingerprint density at radius 2 is 1.97 bits per heavy atom. The molecule has 1 aliphatic rings. The van der Waals surface area contributed by atoms with Gasteiger partial charge in [-0.3, -0.25) is 9.78 Å². The molecule has 13 heteroatoms. The molecular formula is C19H18F3N7O2S. The highest BCUT2D eigenvalue weighted by Gasteiger charge is 2.33. The number of nitrogens with zero attached hydrogens (tertiary/aromatic N) is 4. The first-order valence-electron chi connectivity index (χ1n) is 9.64. The van der Waals surface area contributed by atoms with Crippen molar-refractivity contribution < 1.29 is 22.7 Å². The van der Waals surface area contributed by atoms with Crippen LogP contribution < -0.4 is 20.7 Å². The SMILES string of the molecule is O=C(Nc1ccc(OC2CCNCC2)nc1)c1cnsc1Nc1cncc(C(F)(F)F)n1. The van der Waals surface area contributed by atoms with E-state index in [2.05, 4.69) is 35.3 Å². The Kier molecular flexibility index (Phi) is 6.46. The molecule has 4 rings (SSSR count). The molecule has 0 aliphatic carbocycles. The number of hydrogen-bond donors (Lipinski definition) is 3. The molecule has 9 nitrogen and oxygen atoms in total. The predicted molar refractivity (Wildman–Crippen MR) is 111 cm³/mol. The molecule has 0 bridgehead atoms. The third kappa shape index (κ3) is 5.48. The van der Waals surface area contributed by atoms with Crippen molar-refractivity contribution >= 4 is 33.9 Å². The van der Waals surface area contributed by atoms with Crippen LogP contribution in [0, 0.1) is 0 Å². The zero-order valence-corrected chi connectivity index (χ0v) is 17.3. The van der Waals surface area contributed by atoms with Gasteiger partial charge in [0.1, 0.15) is 16.9 Å². The van der Waals surface area contributed by atoms with Gasteiger partial charge in [0, 0.05) is 6.07 Å². The van der Waals surface area contributed by atoms with Crippen LogP contribution in [-0.2, 0) is 6.18 Å². The van der Waals surface area contributed by atoms with Gasteiger partial charge in [-0.15, -0.1) is 0 Å². The van der Waals surface area contributed by atoms with E-state index in [1.54, 1.807) is 12.1 Å². The van der Waals surface area contributed by atoms with Crippen LogP contribution in [-0.4, -0.2) is 44.4 Å². The van der Waals surface area contributed by atoms with Crippen LogP contribution in [0.15, 0.2) is 36.9 Å². The van der Waals surface area contributed by atoms with Crippen LogP contribution in [0.3, 0.4) is 0 Å². The van der Waals surface area contributed by atoms with Gasteiger partial charge in [0.15, 0.2) is 5.69 Å². The average Bonchev–Trinajstić information content (AvgIpc) is 3.24. The molecule has 168 valence electrons. The van der Waals surface area contributed by atoms with Crippen molar-refractivity contribution in [2.24, 2.45) is 0 Å². The maximum atomic E-state index is 12.8. The summed E-state index contributed by atoms with van der Waals surface area (Å²) in [5.74, 6) is -0.188. The van der Waals surface area contributed by atoms with Gasteiger partial charge in [-0.25, -0.2) is 9.97 Å². The Morgan fingerprint density at radius 1 is 1.16 bits per heavy atom. The Balaban J connectivity index is 1.40. The Labute approximate surface area is 184 Å². The van der Waals surface area contributed by atoms with Crippen molar-refractivity contribution in [3.63, 3.8) is 0 Å². The first-order chi connectivity index (χ1) is 15.4. The Hall–Kier alpha value is -3.32. The number of ether oxygens (including phenoxy) is 1. The topological polar surface area (TPSA) is 114 Å². The van der Waals surface area contributed by atoms with Crippen molar-refractivity contribution in [3.05, 3.63) is 48.2 Å². The molecule has 0 unspecified atom stereocenters. The van der Waals surface area contributed by atoms with Crippen molar-refractivity contribution in [1.82, 2.24) is 24.6 Å². The monoisotopic (exact) mass is 465 g/mol. The number of carbonyl (C=O) groups excluding carboxylic acids is 1. The number of anilines is 3. The molecular weight excluding hydrogens is 447 g/mol. The quantitative estimate of drug-likeness (QED) is 0.507. The fraction of sp³-hybridized carbons (Fsp3) is 0.316. The predicted octanol–water partition coefficient (Wildman–Crippen LogP) is 3.47. The van der Waals surface area contributed by atoms with Gasteiger partial charge in [-0.2, -0.15) is 17.5 Å². The largest absolute Gasteiger partial charge is 0.474 e. The second-order valence-electron chi connectivity index (χ2n) is 6.89. The van der Waals surface area contributed by atoms with E-state index in [-0.39, 0.29) is 22.5 Å². The van der Waals surface area contributed by atoms with Crippen molar-refractivity contribution in [2.75, 3.05) is 23.7 Å². The molecule has 3 aromatic heterocycles. The molecule has 1 fully saturated rings. The van der Waals surface area contributed by atoms with Gasteiger partial charge in [-0.1, -0.05) is 0 Å². The van der Waals surface area contributed by atoms with Gasteiger partial charge >= 0.3 is 6.18 Å². The fourth-order valence-electron chi connectivity index (χ4n) is 2.98. The van der Waals surface area contributed by atoms with Crippen LogP contribution in [0.2, 0.25) is 0 Å². The summed E-state index contributed by atoms with van der Waals surface area (Å²) in [6.07, 6.45) is 1.81. The summed E-state index contributed by atoms with van der Waals surface area (Å²) in [5, 5.41) is 8.84. The van der Waals surface area contributed by atoms with Gasteiger partial charge in [0.05, 0.1) is 36.0 Å². The number of aromatic nitrogens is 4. The highest BCUT2D eigenvalue weighted by Crippen LogP contribution is 2.29. The number of nitrogens with one attached hydrogen (secondary N) is 3. The zero-order chi connectivity index (χ0) is 22.6. The molecule has 4 heterocycles. The summed E-state index contributed by atoms with van der Waals surface area (Å²) in [6, 6.07) is 3.33. The van der Waals surface area contributed by atoms with Crippen molar-refractivity contribution in [2.45, 2.75) is 25.1 Å². The van der Waals surface area contributed by atoms with Crippen LogP contribution >= 0.6 is 11.5 Å². The molecule has 0 saturated carbocycles. The lowest BCUT2D eigenvalue weighted by molar-refractivity contribution is -0.141. The normalized spacial score (nSPS) is 14.7. The summed E-state index contributed by atoms with van der Waals surface area (Å²) in [4.78, 5) is 23.9. The number of hydrogen-bond acceptors (Lipinski definition) is 9. The van der Waals surface area contributed by atoms with E-state index in [0.717, 1.165) is 43.7 Å². The number of rotatable bonds is 6. The third-order valence-corrected chi connectivity index (χ3v) is 5.26. The van der Waals surface area contributed by atoms with Gasteiger partial charge in [-0.05, 0) is 43.5 Å². The summed E-state index contributed by atoms with van der Waals surface area (Å²) in [7, 11) is 0. The maximum Gasteiger partial charge on any atom is 0.434 e. The lowest BCUT2D eigenvalue weighted by Gasteiger charge is -2.23. The molecule has 0 atom stereocenters. The average molecular weight is 465 g/mol. The second-order valence-corrected chi connectivity index (χ2v) is 7.69. The van der Waals surface area contributed by atoms with Crippen LogP contribution in [0.25, 0.3) is 0 Å². The molecule has 0 radical (unpaired) electrons. The molecule has 3 N–H and O–H groups in total. The summed E-state index contributed by atoms with van der Waals surface area (Å²) in [6.45, 7) is 1.80. The highest BCUT2D eigenvalue weighted by atomic mass is 32.1. The van der Waals surface area contributed by atoms with E-state index in [1.165, 1.54) is 12.4 Å². The van der Waals surface area contributed by atoms with Crippen LogP contribution in [0.4, 0.5) is 29.7 Å². The lowest BCUT2D eigenvalue weighted by atomic mass is 10.1. The minimum atomic E-state index is -4.63. The number of carbonyl (C=O) groups is 1. The molecule has 0 aromatic carbocycles. The highest BCUT2D eigenvalue weighted by molar-refractivity contribution is 7.10. The molecule has 0 spiro atoms. The maximum absolute atomic E-state index is 12.8. The number of halogens is 3. The fourth-order valence-corrected chi connectivity index (χ4v) is 3.63. The van der Waals surface area contributed by atoms with E-state index in [9.17, 15) is 18.0 Å². The second kappa shape index (κ2) is 9.44. The lowest BCUT2D eigenvalue weighted by Crippen LogP contribution is -2.34. The molecule has 1 saturated heterocycles. The Morgan fingerprint density at radius 3 is 2.69 bits per heavy atom. The zero-order valence-electron chi connectivity index (χ0n) is 16.5. The Bertz CT molecular complexity index is 1070. The van der Waals surface area contributed by atoms with Gasteiger partial charge in [0.2, 0.25) is 5.88 Å². The molecule has 1 aliphatic heterocycles. The number of pyridine rings is 1. The van der Waals surface area contributed by atoms with E-state index >= 15 is 0 Å². The minimum Gasteiger partial charge on any atom is -0.474 e. The van der Waals surface area contributed by atoms with Crippen molar-refractivity contribution in [3.8, 4) is 5.88 Å². The van der Waals surface area contributed by atoms with E-state index in [1.807, 2.05) is 0 Å². The summed E-state index contributed by atoms with van der Waals surface area (Å²) >= 11 is 0.907. The van der Waals surface area contributed by atoms with E-state index < -0.39 is 17.8 Å². The van der Waals surface area contributed by atoms with Gasteiger partial charge in [0.25, 0.3) is 5.91 Å². The minimum absolute atomic E-state index is 0.105. The summed E-state index contributed by atoms with van der Waals surface area (Å²) in [5.41, 5.74) is -0.566. The molecule has 1 amide bonds.